The number of hydrogen-bond acceptors (Lipinski definition) is 4. The molecular formula is C18H37IN4O2. The Kier molecular flexibility index (Phi) is 9.98. The van der Waals surface area contributed by atoms with Gasteiger partial charge in [-0.05, 0) is 39.2 Å². The Labute approximate surface area is 170 Å². The summed E-state index contributed by atoms with van der Waals surface area (Å²) in [6.07, 6.45) is 2.79. The number of ether oxygens (including phenoxy) is 2. The zero-order valence-electron chi connectivity index (χ0n) is 16.6. The van der Waals surface area contributed by atoms with Crippen LogP contribution < -0.4 is 5.32 Å². The first-order valence-electron chi connectivity index (χ1n) is 9.27. The molecule has 2 saturated heterocycles. The first kappa shape index (κ1) is 22.9. The normalized spacial score (nSPS) is 26.3. The summed E-state index contributed by atoms with van der Waals surface area (Å²) in [7, 11) is 3.58. The Balaban J connectivity index is 0.00000312. The van der Waals surface area contributed by atoms with Crippen molar-refractivity contribution < 1.29 is 9.47 Å². The molecule has 1 N–H and O–H groups in total. The van der Waals surface area contributed by atoms with Crippen molar-refractivity contribution in [1.82, 2.24) is 15.1 Å². The summed E-state index contributed by atoms with van der Waals surface area (Å²) in [6.45, 7) is 13.4. The van der Waals surface area contributed by atoms with E-state index in [2.05, 4.69) is 40.9 Å². The Morgan fingerprint density at radius 2 is 2.08 bits per heavy atom. The number of nitrogens with zero attached hydrogens (tertiary/aromatic N) is 3. The van der Waals surface area contributed by atoms with E-state index in [4.69, 9.17) is 9.47 Å². The summed E-state index contributed by atoms with van der Waals surface area (Å²) in [5, 5.41) is 3.59. The highest BCUT2D eigenvalue weighted by molar-refractivity contribution is 14.0. The van der Waals surface area contributed by atoms with Gasteiger partial charge in [0, 0.05) is 45.9 Å². The lowest BCUT2D eigenvalue weighted by atomic mass is 9.93. The van der Waals surface area contributed by atoms with Gasteiger partial charge < -0.3 is 19.7 Å². The van der Waals surface area contributed by atoms with Crippen LogP contribution in [0.4, 0.5) is 0 Å². The molecule has 0 spiro atoms. The predicted octanol–water partition coefficient (Wildman–Crippen LogP) is 2.04. The van der Waals surface area contributed by atoms with E-state index in [0.29, 0.717) is 6.61 Å². The maximum absolute atomic E-state index is 5.74. The molecule has 2 aliphatic rings. The van der Waals surface area contributed by atoms with Crippen LogP contribution in [-0.4, -0.2) is 87.5 Å². The summed E-state index contributed by atoms with van der Waals surface area (Å²) in [6, 6.07) is 0. The Morgan fingerprint density at radius 1 is 1.32 bits per heavy atom. The van der Waals surface area contributed by atoms with Gasteiger partial charge in [0.25, 0.3) is 0 Å². The fraction of sp³-hybridized carbons (Fsp3) is 0.944. The van der Waals surface area contributed by atoms with E-state index in [-0.39, 0.29) is 35.6 Å². The van der Waals surface area contributed by atoms with Crippen LogP contribution in [-0.2, 0) is 9.47 Å². The van der Waals surface area contributed by atoms with E-state index in [9.17, 15) is 0 Å². The van der Waals surface area contributed by atoms with Gasteiger partial charge in [-0.15, -0.1) is 24.0 Å². The van der Waals surface area contributed by atoms with Crippen LogP contribution in [0.25, 0.3) is 0 Å². The van der Waals surface area contributed by atoms with Crippen LogP contribution in [0.15, 0.2) is 4.99 Å². The number of nitrogens with one attached hydrogen (secondary N) is 1. The molecule has 148 valence electrons. The molecule has 0 saturated carbocycles. The Bertz CT molecular complexity index is 418. The van der Waals surface area contributed by atoms with Crippen LogP contribution in [0.1, 0.15) is 33.6 Å². The van der Waals surface area contributed by atoms with Crippen molar-refractivity contribution in [3.63, 3.8) is 0 Å². The maximum atomic E-state index is 5.74. The largest absolute Gasteiger partial charge is 0.382 e. The van der Waals surface area contributed by atoms with E-state index in [1.807, 2.05) is 7.05 Å². The van der Waals surface area contributed by atoms with Crippen LogP contribution in [0.3, 0.4) is 0 Å². The van der Waals surface area contributed by atoms with Crippen LogP contribution >= 0.6 is 24.0 Å². The molecule has 0 aromatic rings. The molecule has 2 fully saturated rings. The summed E-state index contributed by atoms with van der Waals surface area (Å²) in [4.78, 5) is 9.39. The average molecular weight is 468 g/mol. The van der Waals surface area contributed by atoms with Crippen LogP contribution in [0.2, 0.25) is 0 Å². The smallest absolute Gasteiger partial charge is 0.193 e. The zero-order valence-corrected chi connectivity index (χ0v) is 18.9. The minimum Gasteiger partial charge on any atom is -0.382 e. The summed E-state index contributed by atoms with van der Waals surface area (Å²) < 4.78 is 11.0. The number of likely N-dealkylation sites (tertiary alicyclic amines) is 1. The van der Waals surface area contributed by atoms with Crippen molar-refractivity contribution in [3.8, 4) is 0 Å². The minimum atomic E-state index is 0. The second-order valence-electron chi connectivity index (χ2n) is 7.80. The molecule has 0 aliphatic carbocycles. The molecule has 2 heterocycles. The molecule has 25 heavy (non-hydrogen) atoms. The first-order valence-corrected chi connectivity index (χ1v) is 9.27. The van der Waals surface area contributed by atoms with Gasteiger partial charge in [-0.1, -0.05) is 6.92 Å². The molecule has 2 aliphatic heterocycles. The fourth-order valence-electron chi connectivity index (χ4n) is 3.68. The van der Waals surface area contributed by atoms with Crippen molar-refractivity contribution in [3.05, 3.63) is 0 Å². The number of hydrogen-bond donors (Lipinski definition) is 1. The SMILES string of the molecule is CN=C(NCC(C)(C)N1CCCC(C)C1)N1CCOC(COC)C1.I. The third-order valence-electron chi connectivity index (χ3n) is 5.19. The van der Waals surface area contributed by atoms with Crippen LogP contribution in [0, 0.1) is 5.92 Å². The zero-order chi connectivity index (χ0) is 17.6. The van der Waals surface area contributed by atoms with E-state index >= 15 is 0 Å². The summed E-state index contributed by atoms with van der Waals surface area (Å²) in [5.74, 6) is 1.77. The number of methoxy groups -OCH3 is 1. The quantitative estimate of drug-likeness (QED) is 0.380. The van der Waals surface area contributed by atoms with Crippen molar-refractivity contribution in [2.45, 2.75) is 45.3 Å². The molecule has 0 bridgehead atoms. The van der Waals surface area contributed by atoms with Gasteiger partial charge in [-0.25, -0.2) is 0 Å². The third-order valence-corrected chi connectivity index (χ3v) is 5.19. The van der Waals surface area contributed by atoms with Gasteiger partial charge in [0.15, 0.2) is 5.96 Å². The summed E-state index contributed by atoms with van der Waals surface area (Å²) in [5.41, 5.74) is 0.128. The lowest BCUT2D eigenvalue weighted by molar-refractivity contribution is -0.0449. The van der Waals surface area contributed by atoms with Gasteiger partial charge >= 0.3 is 0 Å². The van der Waals surface area contributed by atoms with Crippen LogP contribution in [0.5, 0.6) is 0 Å². The number of morpholine rings is 1. The second-order valence-corrected chi connectivity index (χ2v) is 7.80. The first-order chi connectivity index (χ1) is 11.5. The maximum Gasteiger partial charge on any atom is 0.193 e. The lowest BCUT2D eigenvalue weighted by Crippen LogP contribution is -2.58. The highest BCUT2D eigenvalue weighted by Crippen LogP contribution is 2.23. The van der Waals surface area contributed by atoms with Crippen molar-refractivity contribution in [1.29, 1.82) is 0 Å². The van der Waals surface area contributed by atoms with E-state index < -0.39 is 0 Å². The van der Waals surface area contributed by atoms with Gasteiger partial charge in [-0.2, -0.15) is 0 Å². The summed E-state index contributed by atoms with van der Waals surface area (Å²) >= 11 is 0. The number of piperidine rings is 1. The molecule has 2 atom stereocenters. The topological polar surface area (TPSA) is 49.3 Å². The Morgan fingerprint density at radius 3 is 2.72 bits per heavy atom. The fourth-order valence-corrected chi connectivity index (χ4v) is 3.68. The third kappa shape index (κ3) is 6.84. The number of guanidine groups is 1. The van der Waals surface area contributed by atoms with E-state index in [0.717, 1.165) is 38.1 Å². The molecule has 0 aromatic heterocycles. The molecule has 0 aromatic carbocycles. The monoisotopic (exact) mass is 468 g/mol. The number of aliphatic imine (C=N–C) groups is 1. The average Bonchev–Trinajstić information content (AvgIpc) is 2.56. The molecule has 2 rings (SSSR count). The number of rotatable bonds is 5. The highest BCUT2D eigenvalue weighted by Gasteiger charge is 2.31. The van der Waals surface area contributed by atoms with Crippen molar-refractivity contribution in [2.24, 2.45) is 10.9 Å². The van der Waals surface area contributed by atoms with Crippen molar-refractivity contribution >= 4 is 29.9 Å². The lowest BCUT2D eigenvalue weighted by Gasteiger charge is -2.44. The molecular weight excluding hydrogens is 431 g/mol. The minimum absolute atomic E-state index is 0. The van der Waals surface area contributed by atoms with Gasteiger partial charge in [0.05, 0.1) is 19.3 Å². The van der Waals surface area contributed by atoms with Gasteiger partial charge in [-0.3, -0.25) is 9.89 Å². The number of halogens is 1. The highest BCUT2D eigenvalue weighted by atomic mass is 127. The molecule has 6 nitrogen and oxygen atoms in total. The van der Waals surface area contributed by atoms with Gasteiger partial charge in [0.2, 0.25) is 0 Å². The van der Waals surface area contributed by atoms with E-state index in [1.165, 1.54) is 25.9 Å². The standard InChI is InChI=1S/C18H36N4O2.HI/c1-15-7-6-8-22(11-15)18(2,3)14-20-17(19-4)21-9-10-24-16(12-21)13-23-5;/h15-16H,6-14H2,1-5H3,(H,19,20);1H. The molecule has 0 amide bonds. The van der Waals surface area contributed by atoms with E-state index in [1.54, 1.807) is 7.11 Å². The molecule has 7 heteroatoms. The molecule has 0 radical (unpaired) electrons. The van der Waals surface area contributed by atoms with Crippen molar-refractivity contribution in [2.75, 3.05) is 60.1 Å². The van der Waals surface area contributed by atoms with Gasteiger partial charge in [0.1, 0.15) is 0 Å². The molecule has 2 unspecified atom stereocenters. The Hall–Kier alpha value is -0.120. The predicted molar refractivity (Wildman–Crippen MR) is 114 cm³/mol. The second kappa shape index (κ2) is 10.9.